The number of hydrogen-bond acceptors (Lipinski definition) is 2. The molecule has 2 heteroatoms. The molecule has 2 unspecified atom stereocenters. The summed E-state index contributed by atoms with van der Waals surface area (Å²) in [7, 11) is 0. The van der Waals surface area contributed by atoms with E-state index in [9.17, 15) is 10.2 Å². The van der Waals surface area contributed by atoms with Crippen LogP contribution in [0.2, 0.25) is 0 Å². The highest BCUT2D eigenvalue weighted by Gasteiger charge is 2.50. The minimum absolute atomic E-state index is 0.193. The van der Waals surface area contributed by atoms with Crippen LogP contribution < -0.4 is 0 Å². The first-order chi connectivity index (χ1) is 10.8. The summed E-state index contributed by atoms with van der Waals surface area (Å²) in [6.07, 6.45) is 15.2. The molecule has 0 amide bonds. The van der Waals surface area contributed by atoms with Gasteiger partial charge in [-0.05, 0) is 55.3 Å². The molecule has 4 rings (SSSR count). The van der Waals surface area contributed by atoms with E-state index in [0.717, 1.165) is 11.8 Å². The first kappa shape index (κ1) is 15.4. The topological polar surface area (TPSA) is 40.5 Å². The Labute approximate surface area is 135 Å². The van der Waals surface area contributed by atoms with Crippen LogP contribution in [0.25, 0.3) is 0 Å². The molecule has 126 valence electrons. The molecule has 4 aliphatic rings. The van der Waals surface area contributed by atoms with E-state index in [2.05, 4.69) is 0 Å². The van der Waals surface area contributed by atoms with Crippen LogP contribution >= 0.6 is 0 Å². The summed E-state index contributed by atoms with van der Waals surface area (Å²) in [4.78, 5) is 0. The smallest absolute Gasteiger partial charge is 0.0626 e. The molecule has 0 aromatic carbocycles. The third-order valence-electron chi connectivity index (χ3n) is 7.96. The first-order valence-electron chi connectivity index (χ1n) is 10.1. The Kier molecular flexibility index (Phi) is 4.52. The van der Waals surface area contributed by atoms with E-state index in [-0.39, 0.29) is 18.1 Å². The summed E-state index contributed by atoms with van der Waals surface area (Å²) in [6, 6.07) is 0. The molecule has 0 bridgehead atoms. The molecule has 2 N–H and O–H groups in total. The summed E-state index contributed by atoms with van der Waals surface area (Å²) < 4.78 is 0. The maximum Gasteiger partial charge on any atom is 0.0626 e. The molecule has 4 aliphatic carbocycles. The van der Waals surface area contributed by atoms with Crippen molar-refractivity contribution in [3.8, 4) is 0 Å². The fourth-order valence-corrected chi connectivity index (χ4v) is 6.81. The number of fused-ring (bicyclic) bond motifs is 1. The minimum Gasteiger partial charge on any atom is -0.392 e. The van der Waals surface area contributed by atoms with Crippen molar-refractivity contribution in [2.75, 3.05) is 0 Å². The van der Waals surface area contributed by atoms with Gasteiger partial charge in [-0.3, -0.25) is 0 Å². The van der Waals surface area contributed by atoms with Crippen LogP contribution in [-0.4, -0.2) is 22.4 Å². The molecule has 4 saturated carbocycles. The Morgan fingerprint density at radius 2 is 0.864 bits per heavy atom. The lowest BCUT2D eigenvalue weighted by molar-refractivity contribution is -0.133. The molecular formula is C20H34O2. The van der Waals surface area contributed by atoms with Crippen LogP contribution in [0.1, 0.15) is 77.0 Å². The highest BCUT2D eigenvalue weighted by molar-refractivity contribution is 5.00. The van der Waals surface area contributed by atoms with Crippen molar-refractivity contribution in [2.45, 2.75) is 89.3 Å². The second-order valence-corrected chi connectivity index (χ2v) is 8.89. The number of aliphatic hydroxyl groups excluding tert-OH is 2. The van der Waals surface area contributed by atoms with Crippen molar-refractivity contribution < 1.29 is 10.2 Å². The lowest BCUT2D eigenvalue weighted by atomic mass is 9.58. The molecule has 4 fully saturated rings. The Morgan fingerprint density at radius 1 is 0.455 bits per heavy atom. The third-order valence-corrected chi connectivity index (χ3v) is 7.96. The second kappa shape index (κ2) is 6.43. The average Bonchev–Trinajstić information content (AvgIpc) is 3.21. The Hall–Kier alpha value is -0.0800. The van der Waals surface area contributed by atoms with Gasteiger partial charge in [0.05, 0.1) is 12.2 Å². The number of hydrogen-bond donors (Lipinski definition) is 2. The Morgan fingerprint density at radius 3 is 1.27 bits per heavy atom. The van der Waals surface area contributed by atoms with E-state index >= 15 is 0 Å². The van der Waals surface area contributed by atoms with Crippen molar-refractivity contribution in [1.82, 2.24) is 0 Å². The maximum atomic E-state index is 11.1. The largest absolute Gasteiger partial charge is 0.392 e. The number of rotatable bonds is 2. The zero-order valence-electron chi connectivity index (χ0n) is 14.0. The van der Waals surface area contributed by atoms with Crippen molar-refractivity contribution in [3.05, 3.63) is 0 Å². The molecule has 0 spiro atoms. The van der Waals surface area contributed by atoms with Gasteiger partial charge in [0.25, 0.3) is 0 Å². The molecule has 0 radical (unpaired) electrons. The summed E-state index contributed by atoms with van der Waals surface area (Å²) in [5.41, 5.74) is 0. The minimum atomic E-state index is -0.221. The molecule has 0 aromatic heterocycles. The quantitative estimate of drug-likeness (QED) is 0.805. The van der Waals surface area contributed by atoms with Crippen molar-refractivity contribution in [3.63, 3.8) is 0 Å². The molecule has 22 heavy (non-hydrogen) atoms. The average molecular weight is 306 g/mol. The van der Waals surface area contributed by atoms with E-state index in [1.807, 2.05) is 0 Å². The van der Waals surface area contributed by atoms with Gasteiger partial charge in [-0.2, -0.15) is 0 Å². The molecule has 0 saturated heterocycles. The van der Waals surface area contributed by atoms with Crippen LogP contribution in [0, 0.1) is 35.5 Å². The van der Waals surface area contributed by atoms with Crippen LogP contribution in [0.15, 0.2) is 0 Å². The summed E-state index contributed by atoms with van der Waals surface area (Å²) in [6.45, 7) is 0. The van der Waals surface area contributed by atoms with Gasteiger partial charge in [0.2, 0.25) is 0 Å². The lowest BCUT2D eigenvalue weighted by Gasteiger charge is -2.50. The molecular weight excluding hydrogens is 272 g/mol. The summed E-state index contributed by atoms with van der Waals surface area (Å²) >= 11 is 0. The fraction of sp³-hybridized carbons (Fsp3) is 1.00. The first-order valence-corrected chi connectivity index (χ1v) is 10.1. The van der Waals surface area contributed by atoms with Crippen LogP contribution in [0.3, 0.4) is 0 Å². The summed E-state index contributed by atoms with van der Waals surface area (Å²) in [5, 5.41) is 22.2. The lowest BCUT2D eigenvalue weighted by Crippen LogP contribution is -2.52. The fourth-order valence-electron chi connectivity index (χ4n) is 6.81. The molecule has 2 nitrogen and oxygen atoms in total. The Balaban J connectivity index is 1.48. The zero-order chi connectivity index (χ0) is 15.1. The van der Waals surface area contributed by atoms with Crippen molar-refractivity contribution in [1.29, 1.82) is 0 Å². The van der Waals surface area contributed by atoms with E-state index in [0.29, 0.717) is 17.8 Å². The molecule has 0 heterocycles. The van der Waals surface area contributed by atoms with Gasteiger partial charge in [-0.1, -0.05) is 51.4 Å². The van der Waals surface area contributed by atoms with Crippen molar-refractivity contribution >= 4 is 0 Å². The number of aliphatic hydroxyl groups is 2. The van der Waals surface area contributed by atoms with Gasteiger partial charge < -0.3 is 10.2 Å². The SMILES string of the molecule is OC1C2C(CC[C@@H]1C1CCCC1)CC[C@H](C1CCCC1)C2O. The molecule has 0 aromatic rings. The summed E-state index contributed by atoms with van der Waals surface area (Å²) in [5.74, 6) is 3.26. The Bertz CT molecular complexity index is 336. The predicted molar refractivity (Wildman–Crippen MR) is 88.4 cm³/mol. The van der Waals surface area contributed by atoms with Gasteiger partial charge in [0.15, 0.2) is 0 Å². The van der Waals surface area contributed by atoms with Crippen LogP contribution in [-0.2, 0) is 0 Å². The monoisotopic (exact) mass is 306 g/mol. The molecule has 0 aliphatic heterocycles. The second-order valence-electron chi connectivity index (χ2n) is 8.89. The van der Waals surface area contributed by atoms with E-state index in [1.54, 1.807) is 0 Å². The van der Waals surface area contributed by atoms with Gasteiger partial charge in [-0.25, -0.2) is 0 Å². The van der Waals surface area contributed by atoms with Crippen LogP contribution in [0.4, 0.5) is 0 Å². The van der Waals surface area contributed by atoms with Crippen LogP contribution in [0.5, 0.6) is 0 Å². The highest BCUT2D eigenvalue weighted by atomic mass is 16.3. The van der Waals surface area contributed by atoms with Crippen molar-refractivity contribution in [2.24, 2.45) is 35.5 Å². The van der Waals surface area contributed by atoms with Gasteiger partial charge in [-0.15, -0.1) is 0 Å². The van der Waals surface area contributed by atoms with E-state index in [4.69, 9.17) is 0 Å². The molecule has 4 atom stereocenters. The van der Waals surface area contributed by atoms with E-state index in [1.165, 1.54) is 77.0 Å². The van der Waals surface area contributed by atoms with E-state index < -0.39 is 0 Å². The third kappa shape index (κ3) is 2.65. The maximum absolute atomic E-state index is 11.1. The van der Waals surface area contributed by atoms with Gasteiger partial charge in [0.1, 0.15) is 0 Å². The standard InChI is InChI=1S/C20H34O2/c21-19-16(13-5-1-2-6-13)11-9-15-10-12-17(20(22)18(15)19)14-7-3-4-8-14/h13-22H,1-12H2/t15?,16-,17-,18?,19?,20?/m1/s1. The zero-order valence-corrected chi connectivity index (χ0v) is 14.0. The normalized spacial score (nSPS) is 47.7. The van der Waals surface area contributed by atoms with Gasteiger partial charge >= 0.3 is 0 Å². The predicted octanol–water partition coefficient (Wildman–Crippen LogP) is 4.14. The van der Waals surface area contributed by atoms with Gasteiger partial charge in [0, 0.05) is 5.92 Å². The highest BCUT2D eigenvalue weighted by Crippen LogP contribution is 2.51.